The highest BCUT2D eigenvalue weighted by Gasteiger charge is 2.33. The number of aryl methyl sites for hydroxylation is 1. The van der Waals surface area contributed by atoms with Gasteiger partial charge in [-0.25, -0.2) is 0 Å². The molecule has 2 rings (SSSR count). The van der Waals surface area contributed by atoms with Crippen molar-refractivity contribution in [3.63, 3.8) is 0 Å². The minimum atomic E-state index is -0.350. The average Bonchev–Trinajstić information content (AvgIpc) is 2.34. The molecule has 0 unspecified atom stereocenters. The van der Waals surface area contributed by atoms with Gasteiger partial charge < -0.3 is 15.4 Å². The van der Waals surface area contributed by atoms with Gasteiger partial charge in [-0.1, -0.05) is 6.07 Å². The van der Waals surface area contributed by atoms with Gasteiger partial charge >= 0.3 is 0 Å². The highest BCUT2D eigenvalue weighted by Crippen LogP contribution is 2.37. The average molecular weight is 262 g/mol. The van der Waals surface area contributed by atoms with Crippen molar-refractivity contribution in [3.8, 4) is 5.75 Å². The second kappa shape index (κ2) is 5.21. The van der Waals surface area contributed by atoms with Crippen LogP contribution in [-0.4, -0.2) is 24.6 Å². The van der Waals surface area contributed by atoms with Gasteiger partial charge in [-0.15, -0.1) is 0 Å². The number of benzene rings is 1. The lowest BCUT2D eigenvalue weighted by molar-refractivity contribution is -0.117. The van der Waals surface area contributed by atoms with Crippen molar-refractivity contribution in [2.75, 3.05) is 18.0 Å². The molecule has 0 atom stereocenters. The Morgan fingerprint density at radius 1 is 1.47 bits per heavy atom. The molecule has 0 saturated heterocycles. The van der Waals surface area contributed by atoms with Crippen molar-refractivity contribution in [2.45, 2.75) is 39.2 Å². The molecule has 19 heavy (non-hydrogen) atoms. The third-order valence-corrected chi connectivity index (χ3v) is 3.29. The van der Waals surface area contributed by atoms with Crippen molar-refractivity contribution in [1.29, 1.82) is 0 Å². The number of hydrogen-bond donors (Lipinski definition) is 1. The van der Waals surface area contributed by atoms with Crippen LogP contribution in [0.3, 0.4) is 0 Å². The van der Waals surface area contributed by atoms with E-state index in [2.05, 4.69) is 0 Å². The molecular formula is C15H22N2O2. The zero-order chi connectivity index (χ0) is 14.0. The van der Waals surface area contributed by atoms with Crippen LogP contribution in [0.15, 0.2) is 18.2 Å². The van der Waals surface area contributed by atoms with Gasteiger partial charge in [0.2, 0.25) is 5.91 Å². The van der Waals surface area contributed by atoms with Gasteiger partial charge in [-0.3, -0.25) is 4.79 Å². The number of anilines is 1. The summed E-state index contributed by atoms with van der Waals surface area (Å²) in [5.41, 5.74) is 7.26. The quantitative estimate of drug-likeness (QED) is 0.907. The zero-order valence-corrected chi connectivity index (χ0v) is 11.9. The molecule has 104 valence electrons. The molecule has 2 N–H and O–H groups in total. The number of nitrogens with zero attached hydrogens (tertiary/aromatic N) is 1. The van der Waals surface area contributed by atoms with Crippen LogP contribution in [0.1, 0.15) is 32.8 Å². The Kier molecular flexibility index (Phi) is 3.80. The van der Waals surface area contributed by atoms with Crippen molar-refractivity contribution in [3.05, 3.63) is 23.8 Å². The Hall–Kier alpha value is -1.55. The summed E-state index contributed by atoms with van der Waals surface area (Å²) in [7, 11) is 0. The highest BCUT2D eigenvalue weighted by molar-refractivity contribution is 5.94. The first-order valence-electron chi connectivity index (χ1n) is 6.73. The van der Waals surface area contributed by atoms with E-state index in [1.165, 1.54) is 5.56 Å². The normalized spacial score (nSPS) is 16.7. The molecule has 4 heteroatoms. The molecule has 1 aliphatic heterocycles. The summed E-state index contributed by atoms with van der Waals surface area (Å²) < 4.78 is 5.94. The predicted molar refractivity (Wildman–Crippen MR) is 76.6 cm³/mol. The largest absolute Gasteiger partial charge is 0.484 e. The molecule has 0 radical (unpaired) electrons. The van der Waals surface area contributed by atoms with Crippen molar-refractivity contribution < 1.29 is 9.53 Å². The van der Waals surface area contributed by atoms with E-state index in [-0.39, 0.29) is 11.5 Å². The molecule has 0 saturated carbocycles. The molecular weight excluding hydrogens is 240 g/mol. The molecule has 1 heterocycles. The Morgan fingerprint density at radius 3 is 2.84 bits per heavy atom. The third-order valence-electron chi connectivity index (χ3n) is 3.29. The maximum atomic E-state index is 11.8. The van der Waals surface area contributed by atoms with E-state index < -0.39 is 0 Å². The molecule has 1 aromatic rings. The lowest BCUT2D eigenvalue weighted by atomic mass is 10.0. The van der Waals surface area contributed by atoms with Crippen LogP contribution in [-0.2, 0) is 11.2 Å². The number of rotatable bonds is 3. The molecule has 4 nitrogen and oxygen atoms in total. The first-order valence-corrected chi connectivity index (χ1v) is 6.73. The molecule has 0 fully saturated rings. The molecule has 1 aliphatic rings. The standard InChI is InChI=1S/C15H22N2O2/c1-11(18)17-10-15(2,3)19-14-7-6-12(5-4-8-16)9-13(14)17/h6-7,9H,4-5,8,10,16H2,1-3H3. The summed E-state index contributed by atoms with van der Waals surface area (Å²) in [6.45, 7) is 6.84. The summed E-state index contributed by atoms with van der Waals surface area (Å²) in [5.74, 6) is 0.830. The van der Waals surface area contributed by atoms with Gasteiger partial charge in [0.25, 0.3) is 0 Å². The van der Waals surface area contributed by atoms with Gasteiger partial charge in [-0.2, -0.15) is 0 Å². The fourth-order valence-electron chi connectivity index (χ4n) is 2.40. The smallest absolute Gasteiger partial charge is 0.224 e. The van der Waals surface area contributed by atoms with Crippen LogP contribution in [0.4, 0.5) is 5.69 Å². The van der Waals surface area contributed by atoms with E-state index in [0.29, 0.717) is 13.1 Å². The number of ether oxygens (including phenoxy) is 1. The lowest BCUT2D eigenvalue weighted by Gasteiger charge is -2.39. The number of fused-ring (bicyclic) bond motifs is 1. The molecule has 1 amide bonds. The second-order valence-corrected chi connectivity index (χ2v) is 5.66. The fourth-order valence-corrected chi connectivity index (χ4v) is 2.40. The van der Waals surface area contributed by atoms with Crippen molar-refractivity contribution >= 4 is 11.6 Å². The molecule has 1 aromatic carbocycles. The lowest BCUT2D eigenvalue weighted by Crippen LogP contribution is -2.48. The Labute approximate surface area is 114 Å². The van der Waals surface area contributed by atoms with Gasteiger partial charge in [-0.05, 0) is 50.9 Å². The maximum Gasteiger partial charge on any atom is 0.224 e. The van der Waals surface area contributed by atoms with Crippen LogP contribution < -0.4 is 15.4 Å². The Bertz CT molecular complexity index is 483. The summed E-state index contributed by atoms with van der Waals surface area (Å²) >= 11 is 0. The number of carbonyl (C=O) groups excluding carboxylic acids is 1. The van der Waals surface area contributed by atoms with Crippen LogP contribution in [0.25, 0.3) is 0 Å². The van der Waals surface area contributed by atoms with Gasteiger partial charge in [0, 0.05) is 6.92 Å². The summed E-state index contributed by atoms with van der Waals surface area (Å²) in [5, 5.41) is 0. The SMILES string of the molecule is CC(=O)N1CC(C)(C)Oc2ccc(CCCN)cc21. The van der Waals surface area contributed by atoms with Crippen molar-refractivity contribution in [2.24, 2.45) is 5.73 Å². The van der Waals surface area contributed by atoms with E-state index in [4.69, 9.17) is 10.5 Å². The number of nitrogens with two attached hydrogens (primary N) is 1. The van der Waals surface area contributed by atoms with Crippen molar-refractivity contribution in [1.82, 2.24) is 0 Å². The fraction of sp³-hybridized carbons (Fsp3) is 0.533. The number of carbonyl (C=O) groups is 1. The van der Waals surface area contributed by atoms with Crippen LogP contribution in [0.2, 0.25) is 0 Å². The minimum absolute atomic E-state index is 0.0496. The topological polar surface area (TPSA) is 55.6 Å². The first-order chi connectivity index (χ1) is 8.93. The van der Waals surface area contributed by atoms with Crippen LogP contribution >= 0.6 is 0 Å². The summed E-state index contributed by atoms with van der Waals surface area (Å²) in [4.78, 5) is 13.6. The molecule has 0 aliphatic carbocycles. The van der Waals surface area contributed by atoms with Gasteiger partial charge in [0.05, 0.1) is 12.2 Å². The predicted octanol–water partition coefficient (Wildman–Crippen LogP) is 2.10. The Morgan fingerprint density at radius 2 is 2.21 bits per heavy atom. The van der Waals surface area contributed by atoms with Crippen LogP contribution in [0.5, 0.6) is 5.75 Å². The summed E-state index contributed by atoms with van der Waals surface area (Å²) in [6.07, 6.45) is 1.88. The monoisotopic (exact) mass is 262 g/mol. The highest BCUT2D eigenvalue weighted by atomic mass is 16.5. The van der Waals surface area contributed by atoms with E-state index in [9.17, 15) is 4.79 Å². The first kappa shape index (κ1) is 13.9. The molecule has 0 bridgehead atoms. The van der Waals surface area contributed by atoms with E-state index in [0.717, 1.165) is 24.3 Å². The number of hydrogen-bond acceptors (Lipinski definition) is 3. The zero-order valence-electron chi connectivity index (χ0n) is 11.9. The number of amides is 1. The van der Waals surface area contributed by atoms with Gasteiger partial charge in [0.1, 0.15) is 11.4 Å². The van der Waals surface area contributed by atoms with E-state index in [1.54, 1.807) is 11.8 Å². The van der Waals surface area contributed by atoms with Gasteiger partial charge in [0.15, 0.2) is 0 Å². The maximum absolute atomic E-state index is 11.8. The molecule has 0 aromatic heterocycles. The second-order valence-electron chi connectivity index (χ2n) is 5.66. The Balaban J connectivity index is 2.35. The minimum Gasteiger partial charge on any atom is -0.484 e. The van der Waals surface area contributed by atoms with Crippen LogP contribution in [0, 0.1) is 0 Å². The van der Waals surface area contributed by atoms with E-state index in [1.807, 2.05) is 32.0 Å². The van der Waals surface area contributed by atoms with E-state index >= 15 is 0 Å². The molecule has 0 spiro atoms. The third kappa shape index (κ3) is 3.07. The summed E-state index contributed by atoms with van der Waals surface area (Å²) in [6, 6.07) is 6.05.